The summed E-state index contributed by atoms with van der Waals surface area (Å²) in [5.41, 5.74) is 4.04. The number of carbonyl (C=O) groups excluding carboxylic acids is 1. The number of Topliss-reactive ketones (excluding diaryl/α,β-unsaturated/α-hetero) is 1. The van der Waals surface area contributed by atoms with E-state index in [2.05, 4.69) is 13.8 Å². The van der Waals surface area contributed by atoms with Gasteiger partial charge in [-0.05, 0) is 66.8 Å². The molecule has 206 valence electrons. The number of para-hydroxylation sites is 1. The second-order valence-corrected chi connectivity index (χ2v) is 11.4. The first-order valence-corrected chi connectivity index (χ1v) is 13.6. The second-order valence-electron chi connectivity index (χ2n) is 11.0. The average molecular weight is 557 g/mol. The van der Waals surface area contributed by atoms with E-state index in [1.807, 2.05) is 49.4 Å². The number of rotatable bonds is 5. The molecule has 1 aliphatic carbocycles. The Hall–Kier alpha value is -4.03. The van der Waals surface area contributed by atoms with Crippen LogP contribution in [0.25, 0.3) is 5.76 Å². The Bertz CT molecular complexity index is 1570. The summed E-state index contributed by atoms with van der Waals surface area (Å²) in [5, 5.41) is 22.1. The summed E-state index contributed by atoms with van der Waals surface area (Å²) in [6.07, 6.45) is 0.925. The molecule has 2 N–H and O–H groups in total. The SMILES string of the molecule is COc1ccc(/C(O)=C2\C(=N)N(c3cccc(Cl)c3C)C3=C(C(=O)CC(C)(C)C3)C2c2ccccc2OC)cc1. The number of methoxy groups -OCH3 is 2. The topological polar surface area (TPSA) is 82.9 Å². The third kappa shape index (κ3) is 4.66. The van der Waals surface area contributed by atoms with Crippen molar-refractivity contribution in [3.05, 3.63) is 105 Å². The fourth-order valence-corrected chi connectivity index (χ4v) is 6.01. The molecule has 0 spiro atoms. The number of halogens is 1. The van der Waals surface area contributed by atoms with Gasteiger partial charge in [0.2, 0.25) is 0 Å². The van der Waals surface area contributed by atoms with Crippen molar-refractivity contribution < 1.29 is 19.4 Å². The lowest BCUT2D eigenvalue weighted by Crippen LogP contribution is -2.45. The number of hydrogen-bond donors (Lipinski definition) is 2. The van der Waals surface area contributed by atoms with E-state index in [-0.39, 0.29) is 22.8 Å². The molecule has 0 fully saturated rings. The standard InChI is InChI=1S/C33H33ClN2O4/c1-19-23(34)10-8-11-24(19)36-25-17-33(2,3)18-26(37)29(25)28(22-9-6-7-12-27(22)40-5)30(32(36)35)31(38)20-13-15-21(39-4)16-14-20/h6-16,28,35,38H,17-18H2,1-5H3/b31-30+,35-32?. The maximum atomic E-state index is 14.1. The van der Waals surface area contributed by atoms with E-state index in [0.29, 0.717) is 57.3 Å². The Balaban J connectivity index is 1.89. The van der Waals surface area contributed by atoms with Gasteiger partial charge in [-0.15, -0.1) is 0 Å². The van der Waals surface area contributed by atoms with Crippen LogP contribution in [0, 0.1) is 17.7 Å². The number of aliphatic hydroxyl groups is 1. The van der Waals surface area contributed by atoms with Crippen LogP contribution >= 0.6 is 11.6 Å². The zero-order valence-corrected chi connectivity index (χ0v) is 24.1. The van der Waals surface area contributed by atoms with Crippen LogP contribution in [0.3, 0.4) is 0 Å². The molecular formula is C33H33ClN2O4. The van der Waals surface area contributed by atoms with Gasteiger partial charge in [0.25, 0.3) is 0 Å². The molecule has 0 radical (unpaired) electrons. The van der Waals surface area contributed by atoms with E-state index in [9.17, 15) is 15.3 Å². The first-order chi connectivity index (χ1) is 19.1. The van der Waals surface area contributed by atoms with Gasteiger partial charge >= 0.3 is 0 Å². The minimum absolute atomic E-state index is 0.0145. The zero-order valence-electron chi connectivity index (χ0n) is 23.3. The van der Waals surface area contributed by atoms with Gasteiger partial charge in [-0.1, -0.05) is 49.7 Å². The molecule has 0 amide bonds. The number of allylic oxidation sites excluding steroid dienone is 2. The molecule has 3 aromatic carbocycles. The molecule has 2 aliphatic rings. The van der Waals surface area contributed by atoms with Crippen LogP contribution in [-0.4, -0.2) is 30.9 Å². The second kappa shape index (κ2) is 10.5. The molecule has 1 atom stereocenters. The Labute approximate surface area is 240 Å². The third-order valence-electron chi connectivity index (χ3n) is 7.77. The van der Waals surface area contributed by atoms with E-state index in [1.54, 1.807) is 43.4 Å². The highest BCUT2D eigenvalue weighted by Gasteiger charge is 2.47. The lowest BCUT2D eigenvalue weighted by molar-refractivity contribution is -0.118. The zero-order chi connectivity index (χ0) is 28.8. The van der Waals surface area contributed by atoms with Crippen LogP contribution in [0.2, 0.25) is 5.02 Å². The minimum atomic E-state index is -0.708. The summed E-state index contributed by atoms with van der Waals surface area (Å²) in [6, 6.07) is 20.1. The molecule has 1 heterocycles. The number of amidine groups is 1. The van der Waals surface area contributed by atoms with E-state index >= 15 is 0 Å². The highest BCUT2D eigenvalue weighted by molar-refractivity contribution is 6.32. The molecule has 0 saturated carbocycles. The van der Waals surface area contributed by atoms with Crippen molar-refractivity contribution in [2.24, 2.45) is 5.41 Å². The van der Waals surface area contributed by atoms with Gasteiger partial charge in [0.05, 0.1) is 25.8 Å². The van der Waals surface area contributed by atoms with Crippen LogP contribution in [-0.2, 0) is 4.79 Å². The summed E-state index contributed by atoms with van der Waals surface area (Å²) >= 11 is 6.56. The summed E-state index contributed by atoms with van der Waals surface area (Å²) in [7, 11) is 3.17. The van der Waals surface area contributed by atoms with Crippen molar-refractivity contribution in [2.75, 3.05) is 19.1 Å². The molecular weight excluding hydrogens is 524 g/mol. The van der Waals surface area contributed by atoms with Gasteiger partial charge in [-0.25, -0.2) is 0 Å². The van der Waals surface area contributed by atoms with Gasteiger partial charge in [0.1, 0.15) is 23.1 Å². The fourth-order valence-electron chi connectivity index (χ4n) is 5.84. The van der Waals surface area contributed by atoms with Crippen LogP contribution in [0.1, 0.15) is 49.3 Å². The molecule has 5 rings (SSSR count). The number of carbonyl (C=O) groups is 1. The van der Waals surface area contributed by atoms with Crippen LogP contribution in [0.5, 0.6) is 11.5 Å². The normalized spacial score (nSPS) is 19.9. The molecule has 1 unspecified atom stereocenters. The van der Waals surface area contributed by atoms with E-state index in [1.165, 1.54) is 0 Å². The molecule has 6 nitrogen and oxygen atoms in total. The van der Waals surface area contributed by atoms with Crippen LogP contribution in [0.4, 0.5) is 5.69 Å². The number of ketones is 1. The van der Waals surface area contributed by atoms with Crippen molar-refractivity contribution >= 4 is 34.7 Å². The smallest absolute Gasteiger partial charge is 0.162 e. The summed E-state index contributed by atoms with van der Waals surface area (Å²) in [5.74, 6) is 0.500. The van der Waals surface area contributed by atoms with Gasteiger partial charge in [-0.2, -0.15) is 0 Å². The highest BCUT2D eigenvalue weighted by atomic mass is 35.5. The summed E-state index contributed by atoms with van der Waals surface area (Å²) in [4.78, 5) is 15.9. The van der Waals surface area contributed by atoms with Gasteiger partial charge in [0.15, 0.2) is 5.78 Å². The highest BCUT2D eigenvalue weighted by Crippen LogP contribution is 2.53. The Morgan fingerprint density at radius 2 is 1.70 bits per heavy atom. The average Bonchev–Trinajstić information content (AvgIpc) is 2.93. The van der Waals surface area contributed by atoms with E-state index in [0.717, 1.165) is 11.3 Å². The number of nitrogens with one attached hydrogen (secondary N) is 1. The Morgan fingerprint density at radius 3 is 2.38 bits per heavy atom. The molecule has 1 aliphatic heterocycles. The van der Waals surface area contributed by atoms with Gasteiger partial charge in [-0.3, -0.25) is 15.1 Å². The predicted octanol–water partition coefficient (Wildman–Crippen LogP) is 7.86. The van der Waals surface area contributed by atoms with E-state index in [4.69, 9.17) is 21.1 Å². The van der Waals surface area contributed by atoms with Crippen molar-refractivity contribution in [1.82, 2.24) is 0 Å². The number of anilines is 1. The van der Waals surface area contributed by atoms with Gasteiger partial charge in [0, 0.05) is 39.4 Å². The largest absolute Gasteiger partial charge is 0.507 e. The molecule has 0 saturated heterocycles. The third-order valence-corrected chi connectivity index (χ3v) is 8.18. The maximum Gasteiger partial charge on any atom is 0.162 e. The van der Waals surface area contributed by atoms with E-state index < -0.39 is 5.92 Å². The first kappa shape index (κ1) is 27.5. The van der Waals surface area contributed by atoms with Crippen molar-refractivity contribution in [3.63, 3.8) is 0 Å². The molecule has 40 heavy (non-hydrogen) atoms. The lowest BCUT2D eigenvalue weighted by Gasteiger charge is -2.45. The maximum absolute atomic E-state index is 14.1. The number of nitrogens with zero attached hydrogens (tertiary/aromatic N) is 1. The number of aliphatic hydroxyl groups excluding tert-OH is 1. The molecule has 0 bridgehead atoms. The first-order valence-electron chi connectivity index (χ1n) is 13.2. The monoisotopic (exact) mass is 556 g/mol. The van der Waals surface area contributed by atoms with Crippen LogP contribution in [0.15, 0.2) is 83.6 Å². The molecule has 0 aromatic heterocycles. The Kier molecular flexibility index (Phi) is 7.23. The lowest BCUT2D eigenvalue weighted by atomic mass is 9.67. The molecule has 3 aromatic rings. The molecule has 7 heteroatoms. The van der Waals surface area contributed by atoms with Crippen molar-refractivity contribution in [3.8, 4) is 11.5 Å². The quantitative estimate of drug-likeness (QED) is 0.312. The summed E-state index contributed by atoms with van der Waals surface area (Å²) in [6.45, 7) is 6.04. The fraction of sp³-hybridized carbons (Fsp3) is 0.273. The predicted molar refractivity (Wildman–Crippen MR) is 160 cm³/mol. The van der Waals surface area contributed by atoms with Crippen molar-refractivity contribution in [1.29, 1.82) is 5.41 Å². The number of ether oxygens (including phenoxy) is 2. The minimum Gasteiger partial charge on any atom is -0.507 e. The Morgan fingerprint density at radius 1 is 1.00 bits per heavy atom. The van der Waals surface area contributed by atoms with Gasteiger partial charge < -0.3 is 14.6 Å². The summed E-state index contributed by atoms with van der Waals surface area (Å²) < 4.78 is 11.1. The van der Waals surface area contributed by atoms with Crippen molar-refractivity contribution in [2.45, 2.75) is 39.5 Å². The number of benzene rings is 3. The van der Waals surface area contributed by atoms with Crippen LogP contribution < -0.4 is 14.4 Å². The number of hydrogen-bond acceptors (Lipinski definition) is 5.